The summed E-state index contributed by atoms with van der Waals surface area (Å²) in [5.74, 6) is 0.0141. The van der Waals surface area contributed by atoms with Crippen LogP contribution in [0.3, 0.4) is 0 Å². The van der Waals surface area contributed by atoms with E-state index in [1.165, 1.54) is 7.11 Å². The number of rotatable bonds is 6. The van der Waals surface area contributed by atoms with E-state index in [2.05, 4.69) is 17.1 Å². The largest absolute Gasteiger partial charge is 0.469 e. The number of carbonyl (C=O) groups excluding carboxylic acids is 2. The molecule has 2 heterocycles. The molecule has 134 valence electrons. The van der Waals surface area contributed by atoms with Gasteiger partial charge in [0.05, 0.1) is 19.6 Å². The fourth-order valence-corrected chi connectivity index (χ4v) is 3.43. The van der Waals surface area contributed by atoms with E-state index in [0.29, 0.717) is 25.7 Å². The number of nitrogens with one attached hydrogen (secondary N) is 1. The number of nitrogens with zero attached hydrogens (tertiary/aromatic N) is 2. The van der Waals surface area contributed by atoms with Crippen LogP contribution in [0.15, 0.2) is 0 Å². The van der Waals surface area contributed by atoms with Gasteiger partial charge < -0.3 is 15.0 Å². The van der Waals surface area contributed by atoms with Crippen LogP contribution in [0, 0.1) is 5.92 Å². The Labute approximate surface area is 145 Å². The molecule has 0 radical (unpaired) electrons. The van der Waals surface area contributed by atoms with Crippen LogP contribution in [0.4, 0.5) is 0 Å². The lowest BCUT2D eigenvalue weighted by Gasteiger charge is -2.34. The van der Waals surface area contributed by atoms with E-state index >= 15 is 0 Å². The van der Waals surface area contributed by atoms with Gasteiger partial charge in [0.25, 0.3) is 0 Å². The van der Waals surface area contributed by atoms with Gasteiger partial charge in [0.2, 0.25) is 5.91 Å². The van der Waals surface area contributed by atoms with E-state index in [1.807, 2.05) is 4.90 Å². The van der Waals surface area contributed by atoms with Crippen molar-refractivity contribution in [2.24, 2.45) is 5.92 Å². The quantitative estimate of drug-likeness (QED) is 0.723. The first kappa shape index (κ1) is 20.2. The molecule has 2 saturated heterocycles. The van der Waals surface area contributed by atoms with E-state index in [0.717, 1.165) is 45.3 Å². The third-order valence-corrected chi connectivity index (χ3v) is 4.78. The molecule has 1 atom stereocenters. The van der Waals surface area contributed by atoms with Gasteiger partial charge in [0.1, 0.15) is 0 Å². The average Bonchev–Trinajstić information content (AvgIpc) is 3.08. The predicted molar refractivity (Wildman–Crippen MR) is 91.7 cm³/mol. The summed E-state index contributed by atoms with van der Waals surface area (Å²) in [5, 5.41) is 3.37. The van der Waals surface area contributed by atoms with Crippen molar-refractivity contribution >= 4 is 24.3 Å². The topological polar surface area (TPSA) is 61.9 Å². The summed E-state index contributed by atoms with van der Waals surface area (Å²) in [4.78, 5) is 28.3. The summed E-state index contributed by atoms with van der Waals surface area (Å²) in [5.41, 5.74) is 0. The van der Waals surface area contributed by atoms with E-state index < -0.39 is 0 Å². The first-order chi connectivity index (χ1) is 10.7. The van der Waals surface area contributed by atoms with Crippen LogP contribution < -0.4 is 5.32 Å². The SMILES string of the molecule is CCCN(CC(=O)N1CCC(C(=O)OC)CC1)C1CCNC1.Cl. The molecule has 1 amide bonds. The van der Waals surface area contributed by atoms with Crippen LogP contribution in [0.25, 0.3) is 0 Å². The Morgan fingerprint density at radius 3 is 2.48 bits per heavy atom. The summed E-state index contributed by atoms with van der Waals surface area (Å²) >= 11 is 0. The lowest BCUT2D eigenvalue weighted by atomic mass is 9.97. The first-order valence-corrected chi connectivity index (χ1v) is 8.46. The van der Waals surface area contributed by atoms with Gasteiger partial charge in [-0.25, -0.2) is 0 Å². The maximum atomic E-state index is 12.5. The van der Waals surface area contributed by atoms with Gasteiger partial charge >= 0.3 is 5.97 Å². The van der Waals surface area contributed by atoms with Crippen LogP contribution in [0.5, 0.6) is 0 Å². The van der Waals surface area contributed by atoms with Gasteiger partial charge in [-0.3, -0.25) is 14.5 Å². The van der Waals surface area contributed by atoms with E-state index in [9.17, 15) is 9.59 Å². The fraction of sp³-hybridized carbons (Fsp3) is 0.875. The van der Waals surface area contributed by atoms with E-state index in [4.69, 9.17) is 4.74 Å². The molecule has 7 heteroatoms. The lowest BCUT2D eigenvalue weighted by Crippen LogP contribution is -2.48. The summed E-state index contributed by atoms with van der Waals surface area (Å²) in [7, 11) is 1.43. The van der Waals surface area contributed by atoms with Crippen LogP contribution in [-0.2, 0) is 14.3 Å². The first-order valence-electron chi connectivity index (χ1n) is 8.46. The highest BCUT2D eigenvalue weighted by Gasteiger charge is 2.30. The molecule has 2 fully saturated rings. The van der Waals surface area contributed by atoms with Gasteiger partial charge in [0, 0.05) is 25.7 Å². The molecule has 0 aromatic heterocycles. The van der Waals surface area contributed by atoms with Gasteiger partial charge in [-0.2, -0.15) is 0 Å². The summed E-state index contributed by atoms with van der Waals surface area (Å²) in [6.45, 7) is 6.99. The molecule has 0 bridgehead atoms. The molecule has 0 spiro atoms. The predicted octanol–water partition coefficient (Wildman–Crippen LogP) is 0.894. The number of carbonyl (C=O) groups is 2. The minimum absolute atomic E-state index is 0. The highest BCUT2D eigenvalue weighted by molar-refractivity contribution is 5.85. The second-order valence-electron chi connectivity index (χ2n) is 6.30. The Kier molecular flexibility index (Phi) is 8.87. The summed E-state index contributed by atoms with van der Waals surface area (Å²) in [6, 6.07) is 0.483. The molecular formula is C16H30ClN3O3. The molecular weight excluding hydrogens is 318 g/mol. The summed E-state index contributed by atoms with van der Waals surface area (Å²) in [6.07, 6.45) is 3.63. The maximum Gasteiger partial charge on any atom is 0.308 e. The summed E-state index contributed by atoms with van der Waals surface area (Å²) < 4.78 is 4.79. The number of hydrogen-bond donors (Lipinski definition) is 1. The van der Waals surface area contributed by atoms with Gasteiger partial charge in [0.15, 0.2) is 0 Å². The van der Waals surface area contributed by atoms with Gasteiger partial charge in [-0.1, -0.05) is 6.92 Å². The highest BCUT2D eigenvalue weighted by atomic mass is 35.5. The normalized spacial score (nSPS) is 22.0. The van der Waals surface area contributed by atoms with Crippen molar-refractivity contribution in [1.82, 2.24) is 15.1 Å². The van der Waals surface area contributed by atoms with Crippen molar-refractivity contribution in [3.63, 3.8) is 0 Å². The molecule has 0 saturated carbocycles. The molecule has 0 aromatic carbocycles. The second-order valence-corrected chi connectivity index (χ2v) is 6.30. The monoisotopic (exact) mass is 347 g/mol. The number of hydrogen-bond acceptors (Lipinski definition) is 5. The van der Waals surface area contributed by atoms with Crippen molar-refractivity contribution in [3.05, 3.63) is 0 Å². The number of methoxy groups -OCH3 is 1. The minimum atomic E-state index is -0.142. The number of esters is 1. The zero-order chi connectivity index (χ0) is 15.9. The fourth-order valence-electron chi connectivity index (χ4n) is 3.43. The van der Waals surface area contributed by atoms with Crippen molar-refractivity contribution in [2.45, 2.75) is 38.6 Å². The lowest BCUT2D eigenvalue weighted by molar-refractivity contribution is -0.149. The molecule has 2 aliphatic rings. The van der Waals surface area contributed by atoms with Crippen molar-refractivity contribution in [3.8, 4) is 0 Å². The van der Waals surface area contributed by atoms with Gasteiger partial charge in [-0.15, -0.1) is 12.4 Å². The number of likely N-dealkylation sites (tertiary alicyclic amines) is 1. The van der Waals surface area contributed by atoms with Crippen LogP contribution in [-0.4, -0.2) is 74.1 Å². The zero-order valence-electron chi connectivity index (χ0n) is 14.3. The smallest absolute Gasteiger partial charge is 0.308 e. The molecule has 23 heavy (non-hydrogen) atoms. The standard InChI is InChI=1S/C16H29N3O3.ClH/c1-3-8-19(14-4-7-17-11-14)12-15(20)18-9-5-13(6-10-18)16(21)22-2;/h13-14,17H,3-12H2,1-2H3;1H. The van der Waals surface area contributed by atoms with Crippen molar-refractivity contribution in [2.75, 3.05) is 46.4 Å². The van der Waals surface area contributed by atoms with E-state index in [-0.39, 0.29) is 30.2 Å². The Bertz CT molecular complexity index is 381. The van der Waals surface area contributed by atoms with Crippen molar-refractivity contribution < 1.29 is 14.3 Å². The Balaban J connectivity index is 0.00000264. The molecule has 2 rings (SSSR count). The molecule has 1 N–H and O–H groups in total. The Morgan fingerprint density at radius 1 is 1.26 bits per heavy atom. The van der Waals surface area contributed by atoms with Crippen LogP contribution >= 0.6 is 12.4 Å². The molecule has 1 unspecified atom stereocenters. The van der Waals surface area contributed by atoms with Crippen LogP contribution in [0.2, 0.25) is 0 Å². The number of ether oxygens (including phenoxy) is 1. The van der Waals surface area contributed by atoms with Gasteiger partial charge in [-0.05, 0) is 38.8 Å². The average molecular weight is 348 g/mol. The highest BCUT2D eigenvalue weighted by Crippen LogP contribution is 2.19. The number of halogens is 1. The molecule has 6 nitrogen and oxygen atoms in total. The third kappa shape index (κ3) is 5.62. The van der Waals surface area contributed by atoms with E-state index in [1.54, 1.807) is 0 Å². The zero-order valence-corrected chi connectivity index (χ0v) is 15.1. The second kappa shape index (κ2) is 10.1. The van der Waals surface area contributed by atoms with Crippen molar-refractivity contribution in [1.29, 1.82) is 0 Å². The molecule has 2 aliphatic heterocycles. The number of piperidine rings is 1. The molecule has 0 aromatic rings. The maximum absolute atomic E-state index is 12.5. The van der Waals surface area contributed by atoms with Crippen LogP contribution in [0.1, 0.15) is 32.6 Å². The third-order valence-electron chi connectivity index (χ3n) is 4.78. The Morgan fingerprint density at radius 2 is 1.96 bits per heavy atom. The minimum Gasteiger partial charge on any atom is -0.469 e. The molecule has 0 aliphatic carbocycles. The number of amides is 1. The Hall–Kier alpha value is -0.850.